The number of carbonyl (C=O) groups is 1. The SMILES string of the molecule is CC(=O)Nc1cccc(NCc2cc(-c3ccccc3)cnc2-c2ccncc2)c1. The van der Waals surface area contributed by atoms with Gasteiger partial charge in [-0.25, -0.2) is 0 Å². The zero-order valence-corrected chi connectivity index (χ0v) is 16.7. The fraction of sp³-hybridized carbons (Fsp3) is 0.0800. The molecule has 0 spiro atoms. The third-order valence-electron chi connectivity index (χ3n) is 4.69. The second-order valence-corrected chi connectivity index (χ2v) is 6.95. The molecule has 0 bridgehead atoms. The van der Waals surface area contributed by atoms with E-state index in [9.17, 15) is 4.79 Å². The molecule has 30 heavy (non-hydrogen) atoms. The van der Waals surface area contributed by atoms with Crippen LogP contribution in [-0.4, -0.2) is 15.9 Å². The number of rotatable bonds is 6. The maximum absolute atomic E-state index is 11.3. The number of amides is 1. The molecule has 0 saturated carbocycles. The molecule has 1 amide bonds. The van der Waals surface area contributed by atoms with Gasteiger partial charge in [-0.2, -0.15) is 0 Å². The molecule has 0 saturated heterocycles. The van der Waals surface area contributed by atoms with E-state index in [2.05, 4.69) is 33.8 Å². The molecule has 0 aliphatic rings. The van der Waals surface area contributed by atoms with Crippen LogP contribution in [0.1, 0.15) is 12.5 Å². The molecule has 2 aromatic carbocycles. The first-order valence-electron chi connectivity index (χ1n) is 9.75. The van der Waals surface area contributed by atoms with Crippen LogP contribution in [0.3, 0.4) is 0 Å². The number of nitrogens with one attached hydrogen (secondary N) is 2. The predicted molar refractivity (Wildman–Crippen MR) is 121 cm³/mol. The molecule has 5 nitrogen and oxygen atoms in total. The Hall–Kier alpha value is -3.99. The van der Waals surface area contributed by atoms with Crippen molar-refractivity contribution in [1.29, 1.82) is 0 Å². The number of benzene rings is 2. The molecule has 4 aromatic rings. The van der Waals surface area contributed by atoms with Gasteiger partial charge in [0, 0.05) is 54.6 Å². The maximum Gasteiger partial charge on any atom is 0.221 e. The number of hydrogen-bond donors (Lipinski definition) is 2. The van der Waals surface area contributed by atoms with Crippen molar-refractivity contribution in [2.75, 3.05) is 10.6 Å². The van der Waals surface area contributed by atoms with Gasteiger partial charge in [0.25, 0.3) is 0 Å². The average molecular weight is 394 g/mol. The Bertz CT molecular complexity index is 1140. The van der Waals surface area contributed by atoms with E-state index < -0.39 is 0 Å². The lowest BCUT2D eigenvalue weighted by Gasteiger charge is -2.14. The largest absolute Gasteiger partial charge is 0.381 e. The van der Waals surface area contributed by atoms with Crippen LogP contribution in [0.2, 0.25) is 0 Å². The van der Waals surface area contributed by atoms with Crippen LogP contribution >= 0.6 is 0 Å². The summed E-state index contributed by atoms with van der Waals surface area (Å²) in [6, 6.07) is 24.0. The summed E-state index contributed by atoms with van der Waals surface area (Å²) < 4.78 is 0. The van der Waals surface area contributed by atoms with E-state index in [1.54, 1.807) is 12.4 Å². The summed E-state index contributed by atoms with van der Waals surface area (Å²) in [7, 11) is 0. The Morgan fingerprint density at radius 2 is 1.60 bits per heavy atom. The molecular formula is C25H22N4O. The minimum atomic E-state index is -0.0908. The number of pyridine rings is 2. The van der Waals surface area contributed by atoms with Gasteiger partial charge in [-0.05, 0) is 47.5 Å². The van der Waals surface area contributed by atoms with Gasteiger partial charge < -0.3 is 10.6 Å². The number of carbonyl (C=O) groups excluding carboxylic acids is 1. The van der Waals surface area contributed by atoms with E-state index in [1.165, 1.54) is 6.92 Å². The van der Waals surface area contributed by atoms with Crippen LogP contribution in [-0.2, 0) is 11.3 Å². The molecule has 5 heteroatoms. The Balaban J connectivity index is 1.65. The van der Waals surface area contributed by atoms with Crippen molar-refractivity contribution in [1.82, 2.24) is 9.97 Å². The van der Waals surface area contributed by atoms with Crippen LogP contribution in [0.5, 0.6) is 0 Å². The fourth-order valence-electron chi connectivity index (χ4n) is 3.31. The first kappa shape index (κ1) is 19.3. The standard InChI is InChI=1S/C25H22N4O/c1-18(30)29-24-9-5-8-23(15-24)27-17-22-14-21(19-6-3-2-4-7-19)16-28-25(22)20-10-12-26-13-11-20/h2-16,27H,17H2,1H3,(H,29,30). The van der Waals surface area contributed by atoms with Crippen LogP contribution in [0.25, 0.3) is 22.4 Å². The minimum Gasteiger partial charge on any atom is -0.381 e. The molecule has 0 unspecified atom stereocenters. The molecule has 0 fully saturated rings. The molecule has 148 valence electrons. The number of hydrogen-bond acceptors (Lipinski definition) is 4. The molecule has 4 rings (SSSR count). The Morgan fingerprint density at radius 3 is 2.37 bits per heavy atom. The lowest BCUT2D eigenvalue weighted by molar-refractivity contribution is -0.114. The third-order valence-corrected chi connectivity index (χ3v) is 4.69. The summed E-state index contributed by atoms with van der Waals surface area (Å²) >= 11 is 0. The molecule has 0 aliphatic heterocycles. The van der Waals surface area contributed by atoms with Crippen LogP contribution in [0.4, 0.5) is 11.4 Å². The molecular weight excluding hydrogens is 372 g/mol. The van der Waals surface area contributed by atoms with Gasteiger partial charge in [0.05, 0.1) is 5.69 Å². The van der Waals surface area contributed by atoms with Gasteiger partial charge in [-0.15, -0.1) is 0 Å². The lowest BCUT2D eigenvalue weighted by atomic mass is 10.0. The van der Waals surface area contributed by atoms with Gasteiger partial charge in [0.1, 0.15) is 0 Å². The van der Waals surface area contributed by atoms with E-state index in [-0.39, 0.29) is 5.91 Å². The molecule has 0 atom stereocenters. The highest BCUT2D eigenvalue weighted by molar-refractivity contribution is 5.89. The second kappa shape index (κ2) is 9.01. The van der Waals surface area contributed by atoms with Gasteiger partial charge in [-0.1, -0.05) is 36.4 Å². The molecule has 2 aromatic heterocycles. The van der Waals surface area contributed by atoms with Gasteiger partial charge in [-0.3, -0.25) is 14.8 Å². The van der Waals surface area contributed by atoms with Gasteiger partial charge in [0.15, 0.2) is 0 Å². The number of nitrogens with zero attached hydrogens (tertiary/aromatic N) is 2. The van der Waals surface area contributed by atoms with Crippen molar-refractivity contribution >= 4 is 17.3 Å². The average Bonchev–Trinajstić information content (AvgIpc) is 2.78. The number of anilines is 2. The summed E-state index contributed by atoms with van der Waals surface area (Å²) in [5.74, 6) is -0.0908. The summed E-state index contributed by atoms with van der Waals surface area (Å²) in [4.78, 5) is 20.2. The smallest absolute Gasteiger partial charge is 0.221 e. The first-order chi connectivity index (χ1) is 14.7. The van der Waals surface area contributed by atoms with Crippen molar-refractivity contribution in [3.63, 3.8) is 0 Å². The first-order valence-corrected chi connectivity index (χ1v) is 9.75. The van der Waals surface area contributed by atoms with Gasteiger partial charge in [0.2, 0.25) is 5.91 Å². The number of aromatic nitrogens is 2. The van der Waals surface area contributed by atoms with Crippen molar-refractivity contribution in [2.45, 2.75) is 13.5 Å². The summed E-state index contributed by atoms with van der Waals surface area (Å²) in [6.07, 6.45) is 5.46. The Morgan fingerprint density at radius 1 is 0.833 bits per heavy atom. The molecule has 0 radical (unpaired) electrons. The highest BCUT2D eigenvalue weighted by atomic mass is 16.1. The second-order valence-electron chi connectivity index (χ2n) is 6.95. The lowest BCUT2D eigenvalue weighted by Crippen LogP contribution is -2.07. The fourth-order valence-corrected chi connectivity index (χ4v) is 3.31. The predicted octanol–water partition coefficient (Wildman–Crippen LogP) is 5.38. The van der Waals surface area contributed by atoms with E-state index >= 15 is 0 Å². The summed E-state index contributed by atoms with van der Waals surface area (Å²) in [5, 5.41) is 6.27. The highest BCUT2D eigenvalue weighted by Gasteiger charge is 2.10. The summed E-state index contributed by atoms with van der Waals surface area (Å²) in [5.41, 5.74) is 6.89. The Labute approximate surface area is 175 Å². The van der Waals surface area contributed by atoms with Crippen LogP contribution in [0, 0.1) is 0 Å². The van der Waals surface area contributed by atoms with E-state index in [0.29, 0.717) is 6.54 Å². The molecule has 2 heterocycles. The van der Waals surface area contributed by atoms with Gasteiger partial charge >= 0.3 is 0 Å². The topological polar surface area (TPSA) is 66.9 Å². The quantitative estimate of drug-likeness (QED) is 0.461. The zero-order chi connectivity index (χ0) is 20.8. The van der Waals surface area contributed by atoms with E-state index in [1.807, 2.05) is 60.8 Å². The van der Waals surface area contributed by atoms with E-state index in [0.717, 1.165) is 39.3 Å². The Kier molecular flexibility index (Phi) is 5.80. The monoisotopic (exact) mass is 394 g/mol. The van der Waals surface area contributed by atoms with Crippen molar-refractivity contribution < 1.29 is 4.79 Å². The summed E-state index contributed by atoms with van der Waals surface area (Å²) in [6.45, 7) is 2.09. The highest BCUT2D eigenvalue weighted by Crippen LogP contribution is 2.27. The van der Waals surface area contributed by atoms with Crippen LogP contribution < -0.4 is 10.6 Å². The normalized spacial score (nSPS) is 10.4. The van der Waals surface area contributed by atoms with Crippen molar-refractivity contribution in [3.8, 4) is 22.4 Å². The third kappa shape index (κ3) is 4.70. The minimum absolute atomic E-state index is 0.0908. The van der Waals surface area contributed by atoms with Crippen LogP contribution in [0.15, 0.2) is 91.4 Å². The molecule has 0 aliphatic carbocycles. The van der Waals surface area contributed by atoms with Crippen molar-refractivity contribution in [3.05, 3.63) is 97.0 Å². The zero-order valence-electron chi connectivity index (χ0n) is 16.7. The molecule has 2 N–H and O–H groups in total. The van der Waals surface area contributed by atoms with E-state index in [4.69, 9.17) is 4.98 Å². The van der Waals surface area contributed by atoms with Crippen molar-refractivity contribution in [2.24, 2.45) is 0 Å². The maximum atomic E-state index is 11.3.